The number of ether oxygens (including phenoxy) is 2. The lowest BCUT2D eigenvalue weighted by Gasteiger charge is -2.28. The minimum atomic E-state index is -1.36. The van der Waals surface area contributed by atoms with Crippen molar-refractivity contribution in [2.75, 3.05) is 13.2 Å². The molecule has 7 heteroatoms. The van der Waals surface area contributed by atoms with E-state index >= 15 is 4.39 Å². The Bertz CT molecular complexity index is 1250. The summed E-state index contributed by atoms with van der Waals surface area (Å²) in [7, 11) is 0. The molecular weight excluding hydrogens is 463 g/mol. The summed E-state index contributed by atoms with van der Waals surface area (Å²) < 4.78 is 84.4. The second kappa shape index (κ2) is 10.6. The first-order valence-corrected chi connectivity index (χ1v) is 11.5. The van der Waals surface area contributed by atoms with Gasteiger partial charge in [0.15, 0.2) is 23.2 Å². The summed E-state index contributed by atoms with van der Waals surface area (Å²) in [6.07, 6.45) is 5.40. The van der Waals surface area contributed by atoms with Crippen LogP contribution in [-0.4, -0.2) is 19.3 Å². The first-order valence-electron chi connectivity index (χ1n) is 11.5. The highest BCUT2D eigenvalue weighted by molar-refractivity contribution is 5.72. The number of hydrogen-bond acceptors (Lipinski definition) is 2. The number of hydrogen-bond donors (Lipinski definition) is 0. The minimum absolute atomic E-state index is 0.0165. The summed E-state index contributed by atoms with van der Waals surface area (Å²) in [5.74, 6) is -6.25. The molecule has 0 aromatic heterocycles. The van der Waals surface area contributed by atoms with Crippen molar-refractivity contribution in [2.45, 2.75) is 38.7 Å². The maximum Gasteiger partial charge on any atom is 0.201 e. The lowest BCUT2D eigenvalue weighted by atomic mass is 9.89. The number of benzene rings is 3. The van der Waals surface area contributed by atoms with E-state index < -0.39 is 40.2 Å². The van der Waals surface area contributed by atoms with E-state index in [4.69, 9.17) is 9.47 Å². The Morgan fingerprint density at radius 1 is 0.857 bits per heavy atom. The predicted octanol–water partition coefficient (Wildman–Crippen LogP) is 7.95. The molecule has 2 nitrogen and oxygen atoms in total. The average Bonchev–Trinajstić information content (AvgIpc) is 2.85. The molecule has 35 heavy (non-hydrogen) atoms. The average molecular weight is 488 g/mol. The molecule has 0 aliphatic carbocycles. The van der Waals surface area contributed by atoms with Crippen molar-refractivity contribution in [1.82, 2.24) is 0 Å². The zero-order chi connectivity index (χ0) is 25.1. The molecular formula is C28H25F5O2. The maximum atomic E-state index is 15.0. The third kappa shape index (κ3) is 4.96. The second-order valence-corrected chi connectivity index (χ2v) is 8.37. The van der Waals surface area contributed by atoms with Crippen LogP contribution in [0.5, 0.6) is 5.75 Å². The predicted molar refractivity (Wildman–Crippen MR) is 125 cm³/mol. The second-order valence-electron chi connectivity index (χ2n) is 8.37. The third-order valence-corrected chi connectivity index (χ3v) is 6.19. The van der Waals surface area contributed by atoms with Gasteiger partial charge in [-0.1, -0.05) is 36.4 Å². The molecule has 2 unspecified atom stereocenters. The molecule has 3 aromatic rings. The van der Waals surface area contributed by atoms with Crippen molar-refractivity contribution in [3.05, 3.63) is 89.3 Å². The topological polar surface area (TPSA) is 18.5 Å². The molecule has 2 atom stereocenters. The Morgan fingerprint density at radius 3 is 2.14 bits per heavy atom. The van der Waals surface area contributed by atoms with Crippen LogP contribution in [0, 0.1) is 29.1 Å². The van der Waals surface area contributed by atoms with Gasteiger partial charge in [0.1, 0.15) is 5.82 Å². The summed E-state index contributed by atoms with van der Waals surface area (Å²) in [5.41, 5.74) is -0.480. The fraction of sp³-hybridized carbons (Fsp3) is 0.286. The van der Waals surface area contributed by atoms with Crippen molar-refractivity contribution < 1.29 is 31.4 Å². The molecule has 0 amide bonds. The number of halogens is 5. The smallest absolute Gasteiger partial charge is 0.201 e. The summed E-state index contributed by atoms with van der Waals surface area (Å²) in [6, 6.07) is 8.89. The maximum absolute atomic E-state index is 15.0. The van der Waals surface area contributed by atoms with Gasteiger partial charge in [-0.2, -0.15) is 4.39 Å². The molecule has 4 rings (SSSR count). The summed E-state index contributed by atoms with van der Waals surface area (Å²) in [4.78, 5) is 0. The van der Waals surface area contributed by atoms with Crippen molar-refractivity contribution in [2.24, 2.45) is 0 Å². The third-order valence-electron chi connectivity index (χ3n) is 6.19. The van der Waals surface area contributed by atoms with Gasteiger partial charge in [0.05, 0.1) is 19.3 Å². The van der Waals surface area contributed by atoms with Gasteiger partial charge in [-0.3, -0.25) is 0 Å². The standard InChI is InChI=1S/C28H25F5O2/c1-3-5-18-8-6-17(15-35-18)19-9-7-16(14-23(19)29)20-10-11-21(26(31)25(20)30)22-12-13-24(34-4-2)28(33)27(22)32/h3,5,7,9-14,17-18H,4,6,8,15H2,1-2H3/b5-3+. The van der Waals surface area contributed by atoms with Crippen molar-refractivity contribution in [3.63, 3.8) is 0 Å². The van der Waals surface area contributed by atoms with E-state index in [1.807, 2.05) is 19.1 Å². The van der Waals surface area contributed by atoms with Gasteiger partial charge in [0, 0.05) is 22.6 Å². The lowest BCUT2D eigenvalue weighted by Crippen LogP contribution is -2.23. The summed E-state index contributed by atoms with van der Waals surface area (Å²) in [6.45, 7) is 4.01. The fourth-order valence-corrected chi connectivity index (χ4v) is 4.40. The molecule has 1 heterocycles. The van der Waals surface area contributed by atoms with E-state index in [0.29, 0.717) is 12.2 Å². The largest absolute Gasteiger partial charge is 0.491 e. The van der Waals surface area contributed by atoms with Crippen LogP contribution in [0.3, 0.4) is 0 Å². The molecule has 0 spiro atoms. The molecule has 1 aliphatic rings. The Kier molecular flexibility index (Phi) is 7.55. The molecule has 0 saturated carbocycles. The lowest BCUT2D eigenvalue weighted by molar-refractivity contribution is 0.0319. The zero-order valence-electron chi connectivity index (χ0n) is 19.4. The van der Waals surface area contributed by atoms with Crippen LogP contribution in [0.15, 0.2) is 54.6 Å². The summed E-state index contributed by atoms with van der Waals surface area (Å²) >= 11 is 0. The van der Waals surface area contributed by atoms with E-state index in [-0.39, 0.29) is 35.5 Å². The molecule has 1 saturated heterocycles. The number of allylic oxidation sites excluding steroid dienone is 1. The zero-order valence-corrected chi connectivity index (χ0v) is 19.4. The van der Waals surface area contributed by atoms with Crippen LogP contribution in [0.25, 0.3) is 22.3 Å². The van der Waals surface area contributed by atoms with E-state index in [1.165, 1.54) is 12.1 Å². The van der Waals surface area contributed by atoms with Crippen LogP contribution in [0.1, 0.15) is 38.2 Å². The molecule has 0 N–H and O–H groups in total. The monoisotopic (exact) mass is 488 g/mol. The highest BCUT2D eigenvalue weighted by Crippen LogP contribution is 2.37. The van der Waals surface area contributed by atoms with Gasteiger partial charge >= 0.3 is 0 Å². The normalized spacial score (nSPS) is 18.3. The Morgan fingerprint density at radius 2 is 1.51 bits per heavy atom. The first kappa shape index (κ1) is 24.9. The molecule has 3 aromatic carbocycles. The SMILES string of the molecule is C/C=C/C1CCC(c2ccc(-c3ccc(-c4ccc(OCC)c(F)c4F)c(F)c3F)cc2F)CO1. The molecule has 0 bridgehead atoms. The van der Waals surface area contributed by atoms with E-state index in [2.05, 4.69) is 0 Å². The van der Waals surface area contributed by atoms with Crippen molar-refractivity contribution >= 4 is 0 Å². The Hall–Kier alpha value is -3.19. The minimum Gasteiger partial charge on any atom is -0.491 e. The van der Waals surface area contributed by atoms with E-state index in [1.54, 1.807) is 13.0 Å². The summed E-state index contributed by atoms with van der Waals surface area (Å²) in [5, 5.41) is 0. The Balaban J connectivity index is 1.62. The molecule has 0 radical (unpaired) electrons. The van der Waals surface area contributed by atoms with E-state index in [0.717, 1.165) is 37.1 Å². The van der Waals surface area contributed by atoms with Crippen molar-refractivity contribution in [3.8, 4) is 28.0 Å². The molecule has 1 fully saturated rings. The van der Waals surface area contributed by atoms with Gasteiger partial charge in [0.2, 0.25) is 5.82 Å². The van der Waals surface area contributed by atoms with Gasteiger partial charge in [-0.05, 0) is 56.0 Å². The van der Waals surface area contributed by atoms with Gasteiger partial charge < -0.3 is 9.47 Å². The van der Waals surface area contributed by atoms with Gasteiger partial charge in [-0.15, -0.1) is 0 Å². The van der Waals surface area contributed by atoms with Gasteiger partial charge in [-0.25, -0.2) is 17.6 Å². The highest BCUT2D eigenvalue weighted by atomic mass is 19.2. The van der Waals surface area contributed by atoms with E-state index in [9.17, 15) is 17.6 Å². The highest BCUT2D eigenvalue weighted by Gasteiger charge is 2.25. The Labute approximate surface area is 201 Å². The molecule has 1 aliphatic heterocycles. The van der Waals surface area contributed by atoms with Crippen LogP contribution in [-0.2, 0) is 4.74 Å². The molecule has 184 valence electrons. The fourth-order valence-electron chi connectivity index (χ4n) is 4.40. The van der Waals surface area contributed by atoms with Gasteiger partial charge in [0.25, 0.3) is 0 Å². The quantitative estimate of drug-likeness (QED) is 0.259. The van der Waals surface area contributed by atoms with Crippen LogP contribution in [0.2, 0.25) is 0 Å². The number of rotatable bonds is 6. The van der Waals surface area contributed by atoms with Crippen LogP contribution in [0.4, 0.5) is 22.0 Å². The van der Waals surface area contributed by atoms with Crippen LogP contribution >= 0.6 is 0 Å². The van der Waals surface area contributed by atoms with Crippen molar-refractivity contribution in [1.29, 1.82) is 0 Å². The first-order chi connectivity index (χ1) is 16.8. The van der Waals surface area contributed by atoms with Crippen LogP contribution < -0.4 is 4.74 Å².